The van der Waals surface area contributed by atoms with Gasteiger partial charge in [-0.05, 0) is 39.6 Å². The molecule has 1 aromatic rings. The molecule has 0 saturated heterocycles. The number of hydrogen-bond donors (Lipinski definition) is 1. The van der Waals surface area contributed by atoms with Crippen molar-refractivity contribution in [3.8, 4) is 0 Å². The molecule has 1 unspecified atom stereocenters. The molecule has 0 aromatic carbocycles. The number of halogens is 4. The molecule has 0 amide bonds. The molecular weight excluding hydrogens is 326 g/mol. The van der Waals surface area contributed by atoms with Crippen molar-refractivity contribution in [3.63, 3.8) is 0 Å². The van der Waals surface area contributed by atoms with Crippen LogP contribution in [0.5, 0.6) is 0 Å². The highest BCUT2D eigenvalue weighted by Gasteiger charge is 2.36. The van der Waals surface area contributed by atoms with E-state index in [-0.39, 0.29) is 0 Å². The first-order chi connectivity index (χ1) is 6.32. The molecule has 0 saturated carbocycles. The minimum atomic E-state index is -4.42. The van der Waals surface area contributed by atoms with Gasteiger partial charge in [-0.2, -0.15) is 13.2 Å². The topological polar surface area (TPSA) is 26.0 Å². The molecule has 0 radical (unpaired) electrons. The largest absolute Gasteiger partial charge is 0.413 e. The lowest BCUT2D eigenvalue weighted by atomic mass is 10.0. The van der Waals surface area contributed by atoms with Crippen LogP contribution in [-0.2, 0) is 0 Å². The van der Waals surface area contributed by atoms with Crippen LogP contribution in [0.1, 0.15) is 11.6 Å². The molecule has 1 nitrogen and oxygen atoms in total. The van der Waals surface area contributed by atoms with Crippen LogP contribution in [0.3, 0.4) is 0 Å². The molecule has 0 aliphatic heterocycles. The van der Waals surface area contributed by atoms with Crippen molar-refractivity contribution in [1.82, 2.24) is 0 Å². The first kappa shape index (κ1) is 12.0. The molecule has 1 heterocycles. The number of alkyl halides is 3. The first-order valence-electron chi connectivity index (χ1n) is 3.58. The van der Waals surface area contributed by atoms with Gasteiger partial charge in [0.1, 0.15) is 0 Å². The SMILES string of the molecule is C=C(C(N)c1csc(I)c1)C(F)(F)F. The Morgan fingerprint density at radius 1 is 1.57 bits per heavy atom. The fourth-order valence-corrected chi connectivity index (χ4v) is 2.27. The third kappa shape index (κ3) is 2.71. The van der Waals surface area contributed by atoms with E-state index >= 15 is 0 Å². The van der Waals surface area contributed by atoms with Crippen LogP contribution < -0.4 is 5.73 Å². The highest BCUT2D eigenvalue weighted by molar-refractivity contribution is 14.1. The average Bonchev–Trinajstić information content (AvgIpc) is 2.47. The van der Waals surface area contributed by atoms with Crippen molar-refractivity contribution in [2.75, 3.05) is 0 Å². The fraction of sp³-hybridized carbons (Fsp3) is 0.250. The van der Waals surface area contributed by atoms with Gasteiger partial charge in [0.05, 0.1) is 8.93 Å². The van der Waals surface area contributed by atoms with E-state index in [1.807, 2.05) is 22.6 Å². The molecule has 6 heteroatoms. The summed E-state index contributed by atoms with van der Waals surface area (Å²) in [5, 5.41) is 1.61. The van der Waals surface area contributed by atoms with Gasteiger partial charge >= 0.3 is 6.18 Å². The molecule has 0 aliphatic rings. The van der Waals surface area contributed by atoms with Crippen LogP contribution in [0.15, 0.2) is 23.6 Å². The molecule has 0 bridgehead atoms. The molecule has 1 aromatic heterocycles. The molecule has 0 spiro atoms. The predicted octanol–water partition coefficient (Wildman–Crippen LogP) is 3.47. The molecule has 1 atom stereocenters. The number of rotatable bonds is 2. The monoisotopic (exact) mass is 333 g/mol. The number of thiophene rings is 1. The smallest absolute Gasteiger partial charge is 0.320 e. The Labute approximate surface area is 96.9 Å². The zero-order valence-corrected chi connectivity index (χ0v) is 9.91. The number of hydrogen-bond acceptors (Lipinski definition) is 2. The molecule has 0 fully saturated rings. The Kier molecular flexibility index (Phi) is 3.59. The Hall–Kier alpha value is -0.0800. The summed E-state index contributed by atoms with van der Waals surface area (Å²) in [7, 11) is 0. The third-order valence-electron chi connectivity index (χ3n) is 1.69. The molecule has 1 rings (SSSR count). The molecular formula is C8H7F3INS. The van der Waals surface area contributed by atoms with Crippen LogP contribution in [-0.4, -0.2) is 6.18 Å². The third-order valence-corrected chi connectivity index (χ3v) is 3.49. The maximum absolute atomic E-state index is 12.2. The van der Waals surface area contributed by atoms with Crippen LogP contribution >= 0.6 is 33.9 Å². The minimum absolute atomic E-state index is 0.460. The summed E-state index contributed by atoms with van der Waals surface area (Å²) in [5.41, 5.74) is 4.97. The van der Waals surface area contributed by atoms with Gasteiger partial charge in [-0.15, -0.1) is 11.3 Å². The Morgan fingerprint density at radius 2 is 2.14 bits per heavy atom. The Morgan fingerprint density at radius 3 is 2.50 bits per heavy atom. The van der Waals surface area contributed by atoms with Gasteiger partial charge in [-0.1, -0.05) is 6.58 Å². The quantitative estimate of drug-likeness (QED) is 0.651. The van der Waals surface area contributed by atoms with Crippen molar-refractivity contribution in [2.45, 2.75) is 12.2 Å². The van der Waals surface area contributed by atoms with E-state index in [4.69, 9.17) is 5.73 Å². The lowest BCUT2D eigenvalue weighted by Gasteiger charge is -2.16. The molecule has 0 aliphatic carbocycles. The van der Waals surface area contributed by atoms with E-state index in [1.165, 1.54) is 11.3 Å². The van der Waals surface area contributed by atoms with E-state index in [2.05, 4.69) is 6.58 Å². The summed E-state index contributed by atoms with van der Waals surface area (Å²) < 4.78 is 37.5. The maximum atomic E-state index is 12.2. The lowest BCUT2D eigenvalue weighted by Crippen LogP contribution is -2.23. The van der Waals surface area contributed by atoms with Crippen LogP contribution in [0.2, 0.25) is 0 Å². The molecule has 2 N–H and O–H groups in total. The highest BCUT2D eigenvalue weighted by Crippen LogP contribution is 2.34. The van der Waals surface area contributed by atoms with Gasteiger partial charge < -0.3 is 5.73 Å². The van der Waals surface area contributed by atoms with Crippen molar-refractivity contribution in [1.29, 1.82) is 0 Å². The van der Waals surface area contributed by atoms with Gasteiger partial charge in [0.2, 0.25) is 0 Å². The van der Waals surface area contributed by atoms with E-state index in [0.717, 1.165) is 2.88 Å². The zero-order valence-electron chi connectivity index (χ0n) is 6.94. The highest BCUT2D eigenvalue weighted by atomic mass is 127. The first-order valence-corrected chi connectivity index (χ1v) is 5.53. The number of nitrogens with two attached hydrogens (primary N) is 1. The van der Waals surface area contributed by atoms with Gasteiger partial charge in [-0.3, -0.25) is 0 Å². The van der Waals surface area contributed by atoms with Gasteiger partial charge in [0.25, 0.3) is 0 Å². The zero-order chi connectivity index (χ0) is 10.9. The molecule has 14 heavy (non-hydrogen) atoms. The van der Waals surface area contributed by atoms with Crippen molar-refractivity contribution < 1.29 is 13.2 Å². The summed E-state index contributed by atoms with van der Waals surface area (Å²) in [5.74, 6) is 0. The maximum Gasteiger partial charge on any atom is 0.413 e. The van der Waals surface area contributed by atoms with Crippen molar-refractivity contribution in [2.24, 2.45) is 5.73 Å². The average molecular weight is 333 g/mol. The van der Waals surface area contributed by atoms with E-state index in [9.17, 15) is 13.2 Å². The second kappa shape index (κ2) is 4.19. The fourth-order valence-electron chi connectivity index (χ4n) is 0.864. The minimum Gasteiger partial charge on any atom is -0.320 e. The van der Waals surface area contributed by atoms with Crippen LogP contribution in [0.4, 0.5) is 13.2 Å². The van der Waals surface area contributed by atoms with E-state index in [1.54, 1.807) is 11.4 Å². The predicted molar refractivity (Wildman–Crippen MR) is 59.2 cm³/mol. The van der Waals surface area contributed by atoms with Gasteiger partial charge in [-0.25, -0.2) is 0 Å². The van der Waals surface area contributed by atoms with Crippen LogP contribution in [0, 0.1) is 2.88 Å². The standard InChI is InChI=1S/C8H7F3INS/c1-4(8(9,10)11)7(13)5-2-6(12)14-3-5/h2-3,7H,1,13H2. The van der Waals surface area contributed by atoms with E-state index in [0.29, 0.717) is 5.56 Å². The second-order valence-electron chi connectivity index (χ2n) is 2.68. The summed E-state index contributed by atoms with van der Waals surface area (Å²) in [4.78, 5) is 0. The van der Waals surface area contributed by atoms with Crippen molar-refractivity contribution in [3.05, 3.63) is 32.0 Å². The van der Waals surface area contributed by atoms with Crippen molar-refractivity contribution >= 4 is 33.9 Å². The van der Waals surface area contributed by atoms with Crippen LogP contribution in [0.25, 0.3) is 0 Å². The summed E-state index contributed by atoms with van der Waals surface area (Å²) >= 11 is 3.39. The Balaban J connectivity index is 2.86. The van der Waals surface area contributed by atoms with E-state index < -0.39 is 17.8 Å². The summed E-state index contributed by atoms with van der Waals surface area (Å²) in [6.45, 7) is 2.96. The summed E-state index contributed by atoms with van der Waals surface area (Å²) in [6, 6.07) is 0.474. The Bertz CT molecular complexity index is 345. The normalized spacial score (nSPS) is 14.1. The summed E-state index contributed by atoms with van der Waals surface area (Å²) in [6.07, 6.45) is -4.42. The lowest BCUT2D eigenvalue weighted by molar-refractivity contribution is -0.0952. The molecule has 78 valence electrons. The second-order valence-corrected chi connectivity index (χ2v) is 5.49. The van der Waals surface area contributed by atoms with Gasteiger partial charge in [0.15, 0.2) is 0 Å². The van der Waals surface area contributed by atoms with Gasteiger partial charge in [0, 0.05) is 5.57 Å².